The fraction of sp³-hybridized carbons (Fsp3) is 0.524. The second-order valence-electron chi connectivity index (χ2n) is 7.80. The second-order valence-corrected chi connectivity index (χ2v) is 7.80. The third kappa shape index (κ3) is 4.58. The van der Waals surface area contributed by atoms with E-state index in [-0.39, 0.29) is 12.0 Å². The highest BCUT2D eigenvalue weighted by Crippen LogP contribution is 2.23. The average molecular weight is 381 g/mol. The van der Waals surface area contributed by atoms with E-state index >= 15 is 0 Å². The average Bonchev–Trinajstić information content (AvgIpc) is 3.23. The first-order chi connectivity index (χ1) is 13.7. The lowest BCUT2D eigenvalue weighted by atomic mass is 10.00. The number of carbonyl (C=O) groups excluding carboxylic acids is 1. The Hall–Kier alpha value is -2.70. The van der Waals surface area contributed by atoms with Gasteiger partial charge in [0.05, 0.1) is 23.6 Å². The number of amides is 1. The van der Waals surface area contributed by atoms with E-state index in [1.165, 1.54) is 12.8 Å². The smallest absolute Gasteiger partial charge is 0.257 e. The van der Waals surface area contributed by atoms with E-state index < -0.39 is 0 Å². The topological polar surface area (TPSA) is 80.2 Å². The lowest BCUT2D eigenvalue weighted by Gasteiger charge is -2.30. The van der Waals surface area contributed by atoms with Gasteiger partial charge in [-0.2, -0.15) is 0 Å². The van der Waals surface area contributed by atoms with Crippen molar-refractivity contribution in [3.05, 3.63) is 36.3 Å². The van der Waals surface area contributed by atoms with E-state index in [0.29, 0.717) is 17.1 Å². The van der Waals surface area contributed by atoms with Crippen LogP contribution in [0.15, 0.2) is 30.7 Å². The van der Waals surface area contributed by atoms with Gasteiger partial charge in [-0.05, 0) is 50.5 Å². The van der Waals surface area contributed by atoms with Gasteiger partial charge in [-0.1, -0.05) is 6.92 Å². The number of rotatable bonds is 5. The van der Waals surface area contributed by atoms with Crippen molar-refractivity contribution < 1.29 is 9.53 Å². The maximum Gasteiger partial charge on any atom is 0.257 e. The SMILES string of the molecule is CC1CCN(c2ncc(NC(=O)c3ccc(OC4CCCC4)nc3)cn2)CC1. The Bertz CT molecular complexity index is 779. The van der Waals surface area contributed by atoms with Gasteiger partial charge in [0.15, 0.2) is 0 Å². The molecule has 3 heterocycles. The highest BCUT2D eigenvalue weighted by atomic mass is 16.5. The molecule has 2 aromatic rings. The molecule has 1 amide bonds. The fourth-order valence-corrected chi connectivity index (χ4v) is 3.72. The Kier molecular flexibility index (Phi) is 5.69. The molecule has 1 saturated heterocycles. The summed E-state index contributed by atoms with van der Waals surface area (Å²) in [5.41, 5.74) is 1.05. The molecule has 1 aliphatic carbocycles. The van der Waals surface area contributed by atoms with Crippen LogP contribution in [0, 0.1) is 5.92 Å². The molecule has 0 spiro atoms. The summed E-state index contributed by atoms with van der Waals surface area (Å²) in [4.78, 5) is 27.7. The highest BCUT2D eigenvalue weighted by Gasteiger charge is 2.19. The summed E-state index contributed by atoms with van der Waals surface area (Å²) in [6.45, 7) is 4.24. The minimum Gasteiger partial charge on any atom is -0.474 e. The molecule has 0 radical (unpaired) electrons. The molecule has 0 bridgehead atoms. The molecule has 7 heteroatoms. The lowest BCUT2D eigenvalue weighted by Crippen LogP contribution is -2.34. The van der Waals surface area contributed by atoms with Crippen LogP contribution in [0.5, 0.6) is 5.88 Å². The zero-order valence-electron chi connectivity index (χ0n) is 16.3. The Balaban J connectivity index is 1.32. The predicted molar refractivity (Wildman–Crippen MR) is 108 cm³/mol. The number of anilines is 2. The molecule has 1 aliphatic heterocycles. The second kappa shape index (κ2) is 8.54. The third-order valence-electron chi connectivity index (χ3n) is 5.55. The molecule has 0 unspecified atom stereocenters. The van der Waals surface area contributed by atoms with Gasteiger partial charge >= 0.3 is 0 Å². The molecule has 4 rings (SSSR count). The minimum absolute atomic E-state index is 0.233. The number of nitrogens with zero attached hydrogens (tertiary/aromatic N) is 4. The Morgan fingerprint density at radius 3 is 2.39 bits per heavy atom. The van der Waals surface area contributed by atoms with E-state index in [2.05, 4.69) is 32.1 Å². The maximum atomic E-state index is 12.4. The number of piperidine rings is 1. The number of hydrogen-bond donors (Lipinski definition) is 1. The van der Waals surface area contributed by atoms with Crippen LogP contribution in [0.3, 0.4) is 0 Å². The normalized spacial score (nSPS) is 18.2. The molecule has 2 aliphatic rings. The van der Waals surface area contributed by atoms with Crippen LogP contribution in [-0.2, 0) is 0 Å². The number of carbonyl (C=O) groups is 1. The maximum absolute atomic E-state index is 12.4. The van der Waals surface area contributed by atoms with Gasteiger partial charge in [-0.3, -0.25) is 4.79 Å². The zero-order chi connectivity index (χ0) is 19.3. The van der Waals surface area contributed by atoms with Gasteiger partial charge in [0.2, 0.25) is 11.8 Å². The predicted octanol–water partition coefficient (Wildman–Crippen LogP) is 3.68. The fourth-order valence-electron chi connectivity index (χ4n) is 3.72. The molecule has 28 heavy (non-hydrogen) atoms. The third-order valence-corrected chi connectivity index (χ3v) is 5.55. The van der Waals surface area contributed by atoms with Gasteiger partial charge < -0.3 is 15.0 Å². The summed E-state index contributed by atoms with van der Waals surface area (Å²) >= 11 is 0. The van der Waals surface area contributed by atoms with Crippen LogP contribution in [-0.4, -0.2) is 40.1 Å². The van der Waals surface area contributed by atoms with Crippen molar-refractivity contribution in [1.29, 1.82) is 0 Å². The van der Waals surface area contributed by atoms with E-state index in [1.807, 2.05) is 0 Å². The summed E-state index contributed by atoms with van der Waals surface area (Å²) in [5.74, 6) is 1.83. The van der Waals surface area contributed by atoms with Crippen molar-refractivity contribution in [1.82, 2.24) is 15.0 Å². The summed E-state index contributed by atoms with van der Waals surface area (Å²) in [6.07, 6.45) is 12.0. The van der Waals surface area contributed by atoms with Gasteiger partial charge in [-0.25, -0.2) is 15.0 Å². The van der Waals surface area contributed by atoms with Crippen molar-refractivity contribution >= 4 is 17.5 Å². The van der Waals surface area contributed by atoms with E-state index in [1.54, 1.807) is 30.7 Å². The number of hydrogen-bond acceptors (Lipinski definition) is 6. The van der Waals surface area contributed by atoms with Crippen LogP contribution in [0.1, 0.15) is 55.8 Å². The number of ether oxygens (including phenoxy) is 1. The van der Waals surface area contributed by atoms with E-state index in [9.17, 15) is 4.79 Å². The van der Waals surface area contributed by atoms with Crippen molar-refractivity contribution in [3.63, 3.8) is 0 Å². The first-order valence-electron chi connectivity index (χ1n) is 10.2. The van der Waals surface area contributed by atoms with Crippen molar-refractivity contribution in [3.8, 4) is 5.88 Å². The molecule has 2 fully saturated rings. The van der Waals surface area contributed by atoms with Crippen molar-refractivity contribution in [2.75, 3.05) is 23.3 Å². The monoisotopic (exact) mass is 381 g/mol. The standard InChI is InChI=1S/C21H27N5O2/c1-15-8-10-26(11-9-15)21-23-13-17(14-24-21)25-20(27)16-6-7-19(22-12-16)28-18-4-2-3-5-18/h6-7,12-15,18H,2-5,8-11H2,1H3,(H,25,27). The molecule has 0 aromatic carbocycles. The number of aromatic nitrogens is 3. The molecule has 0 atom stereocenters. The molecule has 2 aromatic heterocycles. The van der Waals surface area contributed by atoms with Crippen molar-refractivity contribution in [2.24, 2.45) is 5.92 Å². The van der Waals surface area contributed by atoms with E-state index in [4.69, 9.17) is 4.74 Å². The summed E-state index contributed by atoms with van der Waals surface area (Å²) < 4.78 is 5.84. The van der Waals surface area contributed by atoms with E-state index in [0.717, 1.165) is 50.6 Å². The zero-order valence-corrected chi connectivity index (χ0v) is 16.3. The number of nitrogens with one attached hydrogen (secondary N) is 1. The first kappa shape index (κ1) is 18.7. The largest absolute Gasteiger partial charge is 0.474 e. The summed E-state index contributed by atoms with van der Waals surface area (Å²) in [7, 11) is 0. The van der Waals surface area contributed by atoms with Crippen LogP contribution in [0.25, 0.3) is 0 Å². The van der Waals surface area contributed by atoms with Gasteiger partial charge in [0.25, 0.3) is 5.91 Å². The minimum atomic E-state index is -0.233. The van der Waals surface area contributed by atoms with Crippen LogP contribution in [0.4, 0.5) is 11.6 Å². The van der Waals surface area contributed by atoms with Crippen LogP contribution < -0.4 is 15.0 Å². The summed E-state index contributed by atoms with van der Waals surface area (Å²) in [5, 5.41) is 2.82. The van der Waals surface area contributed by atoms with Crippen molar-refractivity contribution in [2.45, 2.75) is 51.6 Å². The molecule has 7 nitrogen and oxygen atoms in total. The molecular weight excluding hydrogens is 354 g/mol. The number of pyridine rings is 1. The van der Waals surface area contributed by atoms with Gasteiger partial charge in [0, 0.05) is 25.4 Å². The molecule has 148 valence electrons. The quantitative estimate of drug-likeness (QED) is 0.851. The Morgan fingerprint density at radius 2 is 1.75 bits per heavy atom. The van der Waals surface area contributed by atoms with Gasteiger partial charge in [0.1, 0.15) is 6.10 Å². The molecule has 1 N–H and O–H groups in total. The van der Waals surface area contributed by atoms with Crippen LogP contribution >= 0.6 is 0 Å². The summed E-state index contributed by atoms with van der Waals surface area (Å²) in [6, 6.07) is 3.49. The molecular formula is C21H27N5O2. The lowest BCUT2D eigenvalue weighted by molar-refractivity contribution is 0.102. The van der Waals surface area contributed by atoms with Gasteiger partial charge in [-0.15, -0.1) is 0 Å². The Morgan fingerprint density at radius 1 is 1.04 bits per heavy atom. The molecule has 1 saturated carbocycles. The Labute approximate surface area is 165 Å². The van der Waals surface area contributed by atoms with Crippen LogP contribution in [0.2, 0.25) is 0 Å². The highest BCUT2D eigenvalue weighted by molar-refractivity contribution is 6.03. The first-order valence-corrected chi connectivity index (χ1v) is 10.2.